The number of amides is 1. The molecule has 1 amide bonds. The molecule has 6 heteroatoms. The van der Waals surface area contributed by atoms with Crippen LogP contribution in [0, 0.1) is 12.8 Å². The number of para-hydroxylation sites is 1. The molecule has 4 rings (SSSR count). The second kappa shape index (κ2) is 8.29. The third-order valence-corrected chi connectivity index (χ3v) is 6.41. The first-order valence-electron chi connectivity index (χ1n) is 9.76. The van der Waals surface area contributed by atoms with Crippen LogP contribution in [0.5, 0.6) is 0 Å². The summed E-state index contributed by atoms with van der Waals surface area (Å²) in [5.74, 6) is -0.528. The van der Waals surface area contributed by atoms with E-state index in [1.54, 1.807) is 11.3 Å². The van der Waals surface area contributed by atoms with Gasteiger partial charge < -0.3 is 10.3 Å². The van der Waals surface area contributed by atoms with Gasteiger partial charge >= 0.3 is 0 Å². The first-order valence-corrected chi connectivity index (χ1v) is 10.6. The normalized spacial score (nSPS) is 15.8. The van der Waals surface area contributed by atoms with Gasteiger partial charge in [-0.1, -0.05) is 24.3 Å². The van der Waals surface area contributed by atoms with E-state index in [4.69, 9.17) is 0 Å². The number of piperidine rings is 1. The number of carbonyl (C=O) groups is 2. The molecular weight excluding hydrogens is 370 g/mol. The number of benzene rings is 1. The molecule has 1 aliphatic rings. The highest BCUT2D eigenvalue weighted by atomic mass is 32.1. The van der Waals surface area contributed by atoms with E-state index in [9.17, 15) is 9.59 Å². The van der Waals surface area contributed by atoms with Crippen LogP contribution in [0.3, 0.4) is 0 Å². The number of rotatable bonds is 6. The van der Waals surface area contributed by atoms with E-state index in [0.717, 1.165) is 49.1 Å². The zero-order valence-electron chi connectivity index (χ0n) is 16.0. The summed E-state index contributed by atoms with van der Waals surface area (Å²) in [6.07, 6.45) is 2.10. The van der Waals surface area contributed by atoms with E-state index in [1.165, 1.54) is 4.88 Å². The van der Waals surface area contributed by atoms with Gasteiger partial charge in [-0.2, -0.15) is 0 Å². The molecule has 0 aliphatic carbocycles. The molecule has 1 aliphatic heterocycles. The molecule has 1 aromatic carbocycles. The number of aryl methyl sites for hydroxylation is 1. The van der Waals surface area contributed by atoms with E-state index in [2.05, 4.69) is 32.7 Å². The van der Waals surface area contributed by atoms with Gasteiger partial charge in [-0.05, 0) is 56.3 Å². The third-order valence-electron chi connectivity index (χ3n) is 5.54. The number of hydrogen-bond donors (Lipinski definition) is 2. The van der Waals surface area contributed by atoms with Crippen LogP contribution < -0.4 is 5.32 Å². The minimum atomic E-state index is -0.506. The van der Waals surface area contributed by atoms with E-state index in [-0.39, 0.29) is 0 Å². The second-order valence-corrected chi connectivity index (χ2v) is 8.54. The molecule has 0 spiro atoms. The second-order valence-electron chi connectivity index (χ2n) is 7.51. The highest BCUT2D eigenvalue weighted by molar-refractivity contribution is 7.09. The summed E-state index contributed by atoms with van der Waals surface area (Å²) in [7, 11) is 0. The number of fused-ring (bicyclic) bond motifs is 1. The van der Waals surface area contributed by atoms with Gasteiger partial charge in [0.2, 0.25) is 0 Å². The lowest BCUT2D eigenvalue weighted by atomic mass is 9.96. The monoisotopic (exact) mass is 395 g/mol. The average Bonchev–Trinajstić information content (AvgIpc) is 3.33. The van der Waals surface area contributed by atoms with Gasteiger partial charge in [0.15, 0.2) is 0 Å². The number of likely N-dealkylation sites (tertiary alicyclic amines) is 1. The van der Waals surface area contributed by atoms with Crippen molar-refractivity contribution in [2.24, 2.45) is 5.92 Å². The van der Waals surface area contributed by atoms with Crippen LogP contribution >= 0.6 is 11.3 Å². The molecular formula is C22H25N3O2S. The Labute approximate surface area is 168 Å². The predicted octanol–water partition coefficient (Wildman–Crippen LogP) is 3.75. The molecule has 0 atom stereocenters. The Morgan fingerprint density at radius 2 is 1.96 bits per heavy atom. The maximum atomic E-state index is 12.7. The number of aromatic nitrogens is 1. The summed E-state index contributed by atoms with van der Waals surface area (Å²) in [6.45, 7) is 5.49. The molecule has 1 saturated heterocycles. The summed E-state index contributed by atoms with van der Waals surface area (Å²) >= 11 is 1.80. The Balaban J connectivity index is 1.30. The minimum Gasteiger partial charge on any atom is -0.358 e. The molecule has 1 fully saturated rings. The number of aromatic amines is 1. The van der Waals surface area contributed by atoms with E-state index in [0.29, 0.717) is 18.0 Å². The number of hydrogen-bond acceptors (Lipinski definition) is 4. The van der Waals surface area contributed by atoms with Crippen LogP contribution in [0.25, 0.3) is 10.9 Å². The standard InChI is InChI=1S/C22H25N3O2S/c1-15-20(18-6-2-3-7-19(18)24-15)21(26)22(27)23-13-16-8-10-25(11-9-16)14-17-5-4-12-28-17/h2-7,12,16,24H,8-11,13-14H2,1H3,(H,23,27). The SMILES string of the molecule is Cc1[nH]c2ccccc2c1C(=O)C(=O)NCC1CCN(Cc2cccs2)CC1. The number of carbonyl (C=O) groups excluding carboxylic acids is 2. The van der Waals surface area contributed by atoms with Crippen molar-refractivity contribution in [2.75, 3.05) is 19.6 Å². The Hall–Kier alpha value is -2.44. The third kappa shape index (κ3) is 4.03. The number of H-pyrrole nitrogens is 1. The Morgan fingerprint density at radius 1 is 1.18 bits per heavy atom. The van der Waals surface area contributed by atoms with E-state index >= 15 is 0 Å². The molecule has 2 aromatic heterocycles. The van der Waals surface area contributed by atoms with Crippen molar-refractivity contribution in [1.82, 2.24) is 15.2 Å². The van der Waals surface area contributed by atoms with Gasteiger partial charge in [-0.15, -0.1) is 11.3 Å². The van der Waals surface area contributed by atoms with Gasteiger partial charge in [-0.25, -0.2) is 0 Å². The minimum absolute atomic E-state index is 0.431. The lowest BCUT2D eigenvalue weighted by Crippen LogP contribution is -2.40. The molecule has 0 unspecified atom stereocenters. The maximum absolute atomic E-state index is 12.7. The van der Waals surface area contributed by atoms with Gasteiger partial charge in [0.1, 0.15) is 0 Å². The van der Waals surface area contributed by atoms with Crippen LogP contribution in [-0.2, 0) is 11.3 Å². The zero-order valence-corrected chi connectivity index (χ0v) is 16.8. The largest absolute Gasteiger partial charge is 0.358 e. The fourth-order valence-electron chi connectivity index (χ4n) is 3.97. The highest BCUT2D eigenvalue weighted by Crippen LogP contribution is 2.23. The first-order chi connectivity index (χ1) is 13.6. The maximum Gasteiger partial charge on any atom is 0.292 e. The number of nitrogens with zero attached hydrogens (tertiary/aromatic N) is 1. The fraction of sp³-hybridized carbons (Fsp3) is 0.364. The van der Waals surface area contributed by atoms with E-state index in [1.807, 2.05) is 31.2 Å². The molecule has 3 heterocycles. The van der Waals surface area contributed by atoms with Gasteiger partial charge in [0, 0.05) is 34.6 Å². The van der Waals surface area contributed by atoms with Crippen molar-refractivity contribution < 1.29 is 9.59 Å². The molecule has 0 radical (unpaired) electrons. The van der Waals surface area contributed by atoms with Crippen molar-refractivity contribution in [3.8, 4) is 0 Å². The molecule has 28 heavy (non-hydrogen) atoms. The van der Waals surface area contributed by atoms with Crippen LogP contribution in [0.4, 0.5) is 0 Å². The first kappa shape index (κ1) is 18.9. The van der Waals surface area contributed by atoms with Crippen LogP contribution in [0.15, 0.2) is 41.8 Å². The van der Waals surface area contributed by atoms with Crippen molar-refractivity contribution in [3.05, 3.63) is 57.9 Å². The van der Waals surface area contributed by atoms with Gasteiger partial charge in [0.25, 0.3) is 11.7 Å². The summed E-state index contributed by atoms with van der Waals surface area (Å²) in [6, 6.07) is 11.9. The van der Waals surface area contributed by atoms with Crippen LogP contribution in [0.2, 0.25) is 0 Å². The Morgan fingerprint density at radius 3 is 2.71 bits per heavy atom. The van der Waals surface area contributed by atoms with Crippen molar-refractivity contribution >= 4 is 33.9 Å². The smallest absolute Gasteiger partial charge is 0.292 e. The number of thiophene rings is 1. The predicted molar refractivity (Wildman–Crippen MR) is 113 cm³/mol. The zero-order chi connectivity index (χ0) is 19.5. The lowest BCUT2D eigenvalue weighted by molar-refractivity contribution is -0.117. The molecule has 3 aromatic rings. The van der Waals surface area contributed by atoms with Crippen molar-refractivity contribution in [1.29, 1.82) is 0 Å². The van der Waals surface area contributed by atoms with Gasteiger partial charge in [-0.3, -0.25) is 14.5 Å². The summed E-state index contributed by atoms with van der Waals surface area (Å²) in [5, 5.41) is 5.80. The quantitative estimate of drug-likeness (QED) is 0.493. The van der Waals surface area contributed by atoms with Crippen LogP contribution in [-0.4, -0.2) is 41.2 Å². The number of nitrogens with one attached hydrogen (secondary N) is 2. The van der Waals surface area contributed by atoms with Gasteiger partial charge in [0.05, 0.1) is 5.56 Å². The fourth-order valence-corrected chi connectivity index (χ4v) is 4.72. The lowest BCUT2D eigenvalue weighted by Gasteiger charge is -2.31. The summed E-state index contributed by atoms with van der Waals surface area (Å²) in [4.78, 5) is 32.2. The summed E-state index contributed by atoms with van der Waals surface area (Å²) < 4.78 is 0. The molecule has 146 valence electrons. The highest BCUT2D eigenvalue weighted by Gasteiger charge is 2.24. The Bertz CT molecular complexity index is 969. The Kier molecular flexibility index (Phi) is 5.59. The number of ketones is 1. The molecule has 0 saturated carbocycles. The number of Topliss-reactive ketones (excluding diaryl/α,β-unsaturated/α-hetero) is 1. The summed E-state index contributed by atoms with van der Waals surface area (Å²) in [5.41, 5.74) is 2.11. The molecule has 2 N–H and O–H groups in total. The average molecular weight is 396 g/mol. The molecule has 0 bridgehead atoms. The van der Waals surface area contributed by atoms with Crippen molar-refractivity contribution in [3.63, 3.8) is 0 Å². The van der Waals surface area contributed by atoms with Crippen LogP contribution in [0.1, 0.15) is 33.8 Å². The van der Waals surface area contributed by atoms with Crippen molar-refractivity contribution in [2.45, 2.75) is 26.3 Å². The topological polar surface area (TPSA) is 65.2 Å². The van der Waals surface area contributed by atoms with E-state index < -0.39 is 11.7 Å². The molecule has 5 nitrogen and oxygen atoms in total.